The second kappa shape index (κ2) is 8.86. The van der Waals surface area contributed by atoms with E-state index in [1.54, 1.807) is 0 Å². The van der Waals surface area contributed by atoms with E-state index in [1.807, 2.05) is 11.0 Å². The number of carbonyl (C=O) groups excluding carboxylic acids is 1. The van der Waals surface area contributed by atoms with Gasteiger partial charge in [0.25, 0.3) is 5.92 Å². The van der Waals surface area contributed by atoms with Crippen molar-refractivity contribution in [2.45, 2.75) is 70.0 Å². The Kier molecular flexibility index (Phi) is 6.09. The number of piperidine rings is 2. The van der Waals surface area contributed by atoms with Crippen LogP contribution in [-0.2, 0) is 17.8 Å². The van der Waals surface area contributed by atoms with Crippen LogP contribution in [0.1, 0.15) is 50.3 Å². The van der Waals surface area contributed by atoms with Crippen molar-refractivity contribution in [1.29, 1.82) is 0 Å². The molecular formula is C24H35F2N5O. The summed E-state index contributed by atoms with van der Waals surface area (Å²) >= 11 is 0. The first-order valence-corrected chi connectivity index (χ1v) is 12.3. The van der Waals surface area contributed by atoms with E-state index >= 15 is 0 Å². The van der Waals surface area contributed by atoms with Crippen LogP contribution >= 0.6 is 0 Å². The summed E-state index contributed by atoms with van der Waals surface area (Å²) in [6.07, 6.45) is 4.34. The van der Waals surface area contributed by atoms with Gasteiger partial charge >= 0.3 is 0 Å². The van der Waals surface area contributed by atoms with Gasteiger partial charge in [-0.3, -0.25) is 14.6 Å². The molecule has 0 spiro atoms. The second-order valence-electron chi connectivity index (χ2n) is 10.1. The van der Waals surface area contributed by atoms with Crippen LogP contribution in [0.15, 0.2) is 12.1 Å². The molecule has 0 aliphatic carbocycles. The molecule has 0 radical (unpaired) electrons. The Hall–Kier alpha value is -1.80. The molecule has 8 heteroatoms. The van der Waals surface area contributed by atoms with E-state index < -0.39 is 5.92 Å². The van der Waals surface area contributed by atoms with E-state index in [4.69, 9.17) is 4.98 Å². The number of pyridine rings is 1. The summed E-state index contributed by atoms with van der Waals surface area (Å²) in [6.45, 7) is 7.73. The van der Waals surface area contributed by atoms with Crippen LogP contribution in [0.3, 0.4) is 0 Å². The van der Waals surface area contributed by atoms with E-state index in [9.17, 15) is 13.6 Å². The van der Waals surface area contributed by atoms with Crippen LogP contribution in [0, 0.1) is 0 Å². The van der Waals surface area contributed by atoms with Crippen molar-refractivity contribution in [1.82, 2.24) is 19.7 Å². The predicted molar refractivity (Wildman–Crippen MR) is 120 cm³/mol. The van der Waals surface area contributed by atoms with Crippen LogP contribution in [0.4, 0.5) is 14.6 Å². The van der Waals surface area contributed by atoms with Crippen LogP contribution < -0.4 is 4.90 Å². The van der Waals surface area contributed by atoms with E-state index in [0.29, 0.717) is 31.7 Å². The first-order valence-electron chi connectivity index (χ1n) is 12.3. The van der Waals surface area contributed by atoms with Gasteiger partial charge in [0.05, 0.1) is 6.54 Å². The third-order valence-corrected chi connectivity index (χ3v) is 7.90. The smallest absolute Gasteiger partial charge is 0.251 e. The number of hydrogen-bond acceptors (Lipinski definition) is 5. The van der Waals surface area contributed by atoms with E-state index in [2.05, 4.69) is 27.7 Å². The lowest BCUT2D eigenvalue weighted by molar-refractivity contribution is -0.137. The number of halogens is 2. The Morgan fingerprint density at radius 2 is 1.94 bits per heavy atom. The molecule has 3 fully saturated rings. The fourth-order valence-electron chi connectivity index (χ4n) is 5.88. The molecule has 1 aromatic heterocycles. The van der Waals surface area contributed by atoms with Crippen molar-refractivity contribution < 1.29 is 13.6 Å². The zero-order chi connectivity index (χ0) is 22.3. The van der Waals surface area contributed by atoms with Crippen molar-refractivity contribution in [3.63, 3.8) is 0 Å². The number of piperazine rings is 1. The van der Waals surface area contributed by atoms with E-state index in [1.165, 1.54) is 19.3 Å². The minimum absolute atomic E-state index is 0.102. The van der Waals surface area contributed by atoms with Gasteiger partial charge in [0.1, 0.15) is 5.82 Å². The number of hydrogen-bond donors (Lipinski definition) is 0. The Balaban J connectivity index is 1.16. The van der Waals surface area contributed by atoms with Crippen LogP contribution in [-0.4, -0.2) is 89.4 Å². The normalized spacial score (nSPS) is 28.8. The monoisotopic (exact) mass is 447 g/mol. The Labute approximate surface area is 189 Å². The summed E-state index contributed by atoms with van der Waals surface area (Å²) in [6, 6.07) is 5.19. The van der Waals surface area contributed by atoms with Gasteiger partial charge in [0, 0.05) is 82.9 Å². The van der Waals surface area contributed by atoms with Crippen molar-refractivity contribution in [3.8, 4) is 0 Å². The third kappa shape index (κ3) is 4.62. The number of rotatable bonds is 3. The quantitative estimate of drug-likeness (QED) is 0.713. The fraction of sp³-hybridized carbons (Fsp3) is 0.750. The molecule has 1 amide bonds. The standard InChI is InChI=1S/C24H35F2N5O/c1-18-3-2-4-20-16-30(13-14-31(18)20)23(32)17-28-10-7-21-19(15-28)5-6-22(27-21)29-11-8-24(25,26)9-12-29/h5-6,18,20H,2-4,7-17H2,1H3. The largest absolute Gasteiger partial charge is 0.356 e. The van der Waals surface area contributed by atoms with Gasteiger partial charge in [-0.05, 0) is 31.4 Å². The van der Waals surface area contributed by atoms with E-state index in [0.717, 1.165) is 56.2 Å². The highest BCUT2D eigenvalue weighted by molar-refractivity contribution is 5.78. The molecule has 0 saturated carbocycles. The minimum Gasteiger partial charge on any atom is -0.356 e. The van der Waals surface area contributed by atoms with Crippen LogP contribution in [0.5, 0.6) is 0 Å². The first-order chi connectivity index (χ1) is 15.4. The van der Waals surface area contributed by atoms with Crippen molar-refractivity contribution >= 4 is 11.7 Å². The lowest BCUT2D eigenvalue weighted by atomic mass is 9.94. The minimum atomic E-state index is -2.54. The molecule has 1 aromatic rings. The molecule has 4 aliphatic rings. The summed E-state index contributed by atoms with van der Waals surface area (Å²) in [5, 5.41) is 0. The van der Waals surface area contributed by atoms with Crippen molar-refractivity contribution in [2.75, 3.05) is 50.7 Å². The summed E-state index contributed by atoms with van der Waals surface area (Å²) in [7, 11) is 0. The molecule has 4 aliphatic heterocycles. The van der Waals surface area contributed by atoms with Crippen molar-refractivity contribution in [2.24, 2.45) is 0 Å². The van der Waals surface area contributed by atoms with Gasteiger partial charge in [-0.15, -0.1) is 0 Å². The number of amides is 1. The molecule has 32 heavy (non-hydrogen) atoms. The maximum Gasteiger partial charge on any atom is 0.251 e. The molecule has 0 N–H and O–H groups in total. The van der Waals surface area contributed by atoms with Gasteiger partial charge < -0.3 is 9.80 Å². The topological polar surface area (TPSA) is 42.9 Å². The van der Waals surface area contributed by atoms with Gasteiger partial charge in [-0.25, -0.2) is 13.8 Å². The first kappa shape index (κ1) is 22.0. The van der Waals surface area contributed by atoms with Crippen LogP contribution in [0.25, 0.3) is 0 Å². The van der Waals surface area contributed by atoms with Crippen molar-refractivity contribution in [3.05, 3.63) is 23.4 Å². The van der Waals surface area contributed by atoms with E-state index in [-0.39, 0.29) is 18.7 Å². The lowest BCUT2D eigenvalue weighted by Crippen LogP contribution is -2.59. The maximum absolute atomic E-state index is 13.5. The molecule has 3 saturated heterocycles. The molecule has 2 unspecified atom stereocenters. The SMILES string of the molecule is CC1CCCC2CN(C(=O)CN3CCc4nc(N5CCC(F)(F)CC5)ccc4C3)CCN12. The summed E-state index contributed by atoms with van der Waals surface area (Å²) in [5.41, 5.74) is 2.20. The highest BCUT2D eigenvalue weighted by atomic mass is 19.3. The molecular weight excluding hydrogens is 412 g/mol. The molecule has 0 aromatic carbocycles. The predicted octanol–water partition coefficient (Wildman–Crippen LogP) is 2.76. The third-order valence-electron chi connectivity index (χ3n) is 7.90. The molecule has 176 valence electrons. The number of anilines is 1. The molecule has 2 atom stereocenters. The summed E-state index contributed by atoms with van der Waals surface area (Å²) < 4.78 is 26.9. The average molecular weight is 448 g/mol. The molecule has 5 heterocycles. The maximum atomic E-state index is 13.5. The fourth-order valence-corrected chi connectivity index (χ4v) is 5.88. The zero-order valence-corrected chi connectivity index (χ0v) is 19.1. The van der Waals surface area contributed by atoms with Crippen LogP contribution in [0.2, 0.25) is 0 Å². The lowest BCUT2D eigenvalue weighted by Gasteiger charge is -2.47. The molecule has 5 rings (SSSR count). The van der Waals surface area contributed by atoms with Gasteiger partial charge in [-0.2, -0.15) is 0 Å². The highest BCUT2D eigenvalue weighted by Crippen LogP contribution is 2.31. The zero-order valence-electron chi connectivity index (χ0n) is 19.1. The number of aromatic nitrogens is 1. The number of carbonyl (C=O) groups is 1. The summed E-state index contributed by atoms with van der Waals surface area (Å²) in [4.78, 5) is 26.7. The van der Waals surface area contributed by atoms with Gasteiger partial charge in [0.15, 0.2) is 0 Å². The second-order valence-corrected chi connectivity index (χ2v) is 10.1. The summed E-state index contributed by atoms with van der Waals surface area (Å²) in [5.74, 6) is -1.49. The Morgan fingerprint density at radius 1 is 1.12 bits per heavy atom. The molecule has 6 nitrogen and oxygen atoms in total. The van der Waals surface area contributed by atoms with Gasteiger partial charge in [-0.1, -0.05) is 12.5 Å². The number of fused-ring (bicyclic) bond motifs is 2. The Bertz CT molecular complexity index is 840. The highest BCUT2D eigenvalue weighted by Gasteiger charge is 2.36. The Morgan fingerprint density at radius 3 is 2.75 bits per heavy atom. The number of alkyl halides is 2. The van der Waals surface area contributed by atoms with Gasteiger partial charge in [0.2, 0.25) is 5.91 Å². The number of nitrogens with zero attached hydrogens (tertiary/aromatic N) is 5. The average Bonchev–Trinajstić information content (AvgIpc) is 2.78. The molecule has 0 bridgehead atoms.